The van der Waals surface area contributed by atoms with E-state index in [4.69, 9.17) is 9.47 Å². The van der Waals surface area contributed by atoms with Crippen molar-refractivity contribution in [3.8, 4) is 33.8 Å². The Morgan fingerprint density at radius 3 is 1.28 bits per heavy atom. The fourth-order valence-corrected chi connectivity index (χ4v) is 9.92. The molecule has 6 heterocycles. The number of ether oxygens (including phenoxy) is 2. The van der Waals surface area contributed by atoms with Crippen molar-refractivity contribution in [1.82, 2.24) is 40.0 Å². The third kappa shape index (κ3) is 10.3. The second-order valence-corrected chi connectivity index (χ2v) is 19.4. The fraction of sp³-hybridized carbons (Fsp3) is 0.281. The second-order valence-electron chi connectivity index (χ2n) is 19.4. The van der Waals surface area contributed by atoms with Crippen LogP contribution in [-0.2, 0) is 46.7 Å². The summed E-state index contributed by atoms with van der Waals surface area (Å²) < 4.78 is 11.3. The summed E-state index contributed by atoms with van der Waals surface area (Å²) in [7, 11) is 5.37. The molecule has 6 aliphatic rings. The first kappa shape index (κ1) is 53.5. The molecule has 0 aromatic heterocycles. The van der Waals surface area contributed by atoms with E-state index in [0.717, 1.165) is 46.5 Å². The molecule has 2 N–H and O–H groups in total. The summed E-state index contributed by atoms with van der Waals surface area (Å²) in [6, 6.07) is 21.7. The van der Waals surface area contributed by atoms with Crippen LogP contribution in [0.2, 0.25) is 0 Å². The van der Waals surface area contributed by atoms with Gasteiger partial charge in [-0.3, -0.25) is 53.0 Å². The van der Waals surface area contributed by atoms with Crippen molar-refractivity contribution in [1.29, 1.82) is 0 Å². The zero-order chi connectivity index (χ0) is 55.9. The van der Waals surface area contributed by atoms with Gasteiger partial charge in [-0.2, -0.15) is 0 Å². The lowest BCUT2D eigenvalue weighted by atomic mass is 9.96. The highest BCUT2D eigenvalue weighted by atomic mass is 16.5. The number of rotatable bonds is 10. The second kappa shape index (κ2) is 21.7. The van der Waals surface area contributed by atoms with Gasteiger partial charge in [-0.15, -0.1) is 0 Å². The number of hydrogen-bond acceptors (Lipinski definition) is 12. The molecule has 6 aliphatic heterocycles. The van der Waals surface area contributed by atoms with E-state index in [1.54, 1.807) is 59.1 Å². The van der Waals surface area contributed by atoms with Crippen LogP contribution in [0, 0.1) is 0 Å². The first-order valence-electron chi connectivity index (χ1n) is 25.1. The van der Waals surface area contributed by atoms with E-state index < -0.39 is 17.7 Å². The number of anilines is 2. The standard InChI is InChI=1S/C29H29N5O6.C28H29N5O5.2H2/c1-17(28(38)33-12-10-32(11-13-33)19(3)35)30-27(37)18(2)34-15-23-21(6-5-7-22(23)29(34)39)20-8-9-24-25(14-20)40-16-26(36)31(24)4;1-17(27(36)32-12-10-30(3)11-13-32)29-26(35)18(2)33-15-22-20(6-5-7-21(22)28(33)37)19-8-9-23-24(14-19)38-16-25(34)31(23)4;;/h5-9,14H,1-2,10-13,15-16H2,3-4H3,(H,30,37);5-9,14H,1-2,10-13,15-16H2,3-4H3,(H,29,35);2*1H. The molecule has 10 rings (SSSR count). The molecule has 2 fully saturated rings. The van der Waals surface area contributed by atoms with Crippen LogP contribution in [0.4, 0.5) is 11.4 Å². The highest BCUT2D eigenvalue weighted by Gasteiger charge is 2.37. The molecule has 21 nitrogen and oxygen atoms in total. The van der Waals surface area contributed by atoms with Gasteiger partial charge in [0.05, 0.1) is 35.9 Å². The quantitative estimate of drug-likeness (QED) is 0.218. The Hall–Kier alpha value is -9.37. The number of hydrogen-bond donors (Lipinski definition) is 2. The van der Waals surface area contributed by atoms with Crippen molar-refractivity contribution in [3.63, 3.8) is 0 Å². The van der Waals surface area contributed by atoms with Crippen LogP contribution in [0.3, 0.4) is 0 Å². The molecule has 9 amide bonds. The van der Waals surface area contributed by atoms with Gasteiger partial charge in [0.25, 0.3) is 47.3 Å². The number of amides is 9. The average molecular weight is 1060 g/mol. The number of fused-ring (bicyclic) bond motifs is 4. The first-order chi connectivity index (χ1) is 37.2. The Bertz CT molecular complexity index is 3330. The smallest absolute Gasteiger partial charge is 0.271 e. The molecule has 0 bridgehead atoms. The summed E-state index contributed by atoms with van der Waals surface area (Å²) in [6.45, 7) is 20.8. The van der Waals surface area contributed by atoms with Gasteiger partial charge >= 0.3 is 0 Å². The van der Waals surface area contributed by atoms with Crippen molar-refractivity contribution in [2.24, 2.45) is 0 Å². The van der Waals surface area contributed by atoms with E-state index in [0.29, 0.717) is 73.3 Å². The third-order valence-electron chi connectivity index (χ3n) is 14.7. The molecule has 4 aromatic rings. The summed E-state index contributed by atoms with van der Waals surface area (Å²) in [5, 5.41) is 5.00. The normalized spacial score (nSPS) is 16.6. The Balaban J connectivity index is 0.000000226. The summed E-state index contributed by atoms with van der Waals surface area (Å²) in [6.07, 6.45) is 0. The largest absolute Gasteiger partial charge is 0.482 e. The van der Waals surface area contributed by atoms with Gasteiger partial charge in [-0.1, -0.05) is 62.7 Å². The van der Waals surface area contributed by atoms with E-state index in [1.807, 2.05) is 49.5 Å². The van der Waals surface area contributed by atoms with Crippen LogP contribution in [0.25, 0.3) is 22.3 Å². The molecule has 21 heteroatoms. The van der Waals surface area contributed by atoms with Gasteiger partial charge < -0.3 is 49.5 Å². The minimum Gasteiger partial charge on any atom is -0.482 e. The van der Waals surface area contributed by atoms with Crippen LogP contribution < -0.4 is 29.9 Å². The maximum atomic E-state index is 13.3. The average Bonchev–Trinajstić information content (AvgIpc) is 4.04. The van der Waals surface area contributed by atoms with Crippen LogP contribution in [0.15, 0.2) is 122 Å². The number of likely N-dealkylation sites (N-methyl/N-ethyl adjacent to an activating group) is 3. The van der Waals surface area contributed by atoms with Crippen LogP contribution in [0.1, 0.15) is 41.6 Å². The number of benzene rings is 4. The Morgan fingerprint density at radius 2 is 0.885 bits per heavy atom. The molecule has 0 saturated carbocycles. The van der Waals surface area contributed by atoms with Gasteiger partial charge in [0, 0.05) is 87.4 Å². The summed E-state index contributed by atoms with van der Waals surface area (Å²) >= 11 is 0. The maximum absolute atomic E-state index is 13.3. The van der Waals surface area contributed by atoms with E-state index in [2.05, 4.69) is 41.8 Å². The van der Waals surface area contributed by atoms with Gasteiger partial charge in [-0.25, -0.2) is 0 Å². The molecule has 78 heavy (non-hydrogen) atoms. The van der Waals surface area contributed by atoms with Crippen molar-refractivity contribution in [2.45, 2.75) is 20.0 Å². The monoisotopic (exact) mass is 1060 g/mol. The third-order valence-corrected chi connectivity index (χ3v) is 14.7. The zero-order valence-corrected chi connectivity index (χ0v) is 43.8. The van der Waals surface area contributed by atoms with Crippen LogP contribution in [-0.4, -0.2) is 169 Å². The van der Waals surface area contributed by atoms with E-state index in [-0.39, 0.29) is 87.4 Å². The molecule has 2 saturated heterocycles. The zero-order valence-electron chi connectivity index (χ0n) is 43.8. The van der Waals surface area contributed by atoms with Crippen molar-refractivity contribution in [2.75, 3.05) is 96.5 Å². The lowest BCUT2D eigenvalue weighted by Gasteiger charge is -2.34. The number of nitrogens with zero attached hydrogens (tertiary/aromatic N) is 8. The molecule has 0 unspecified atom stereocenters. The summed E-state index contributed by atoms with van der Waals surface area (Å²) in [4.78, 5) is 126. The summed E-state index contributed by atoms with van der Waals surface area (Å²) in [5.74, 6) is -2.08. The van der Waals surface area contributed by atoms with E-state index in [9.17, 15) is 43.2 Å². The highest BCUT2D eigenvalue weighted by molar-refractivity contribution is 6.10. The molecular formula is C57H62N10O11. The number of nitrogens with one attached hydrogen (secondary N) is 2. The first-order valence-corrected chi connectivity index (χ1v) is 25.1. The van der Waals surface area contributed by atoms with Gasteiger partial charge in [0.15, 0.2) is 13.2 Å². The Kier molecular flexibility index (Phi) is 14.9. The molecule has 0 atom stereocenters. The fourth-order valence-electron chi connectivity index (χ4n) is 9.92. The molecule has 406 valence electrons. The minimum absolute atomic E-state index is 0. The van der Waals surface area contributed by atoms with Gasteiger partial charge in [-0.05, 0) is 76.8 Å². The van der Waals surface area contributed by atoms with Crippen molar-refractivity contribution in [3.05, 3.63) is 144 Å². The van der Waals surface area contributed by atoms with Gasteiger partial charge in [0.1, 0.15) is 22.9 Å². The lowest BCUT2D eigenvalue weighted by molar-refractivity contribution is -0.136. The molecule has 4 aromatic carbocycles. The molecular weight excluding hydrogens is 1000 g/mol. The minimum atomic E-state index is -0.710. The van der Waals surface area contributed by atoms with Crippen molar-refractivity contribution >= 4 is 64.5 Å². The van der Waals surface area contributed by atoms with Gasteiger partial charge in [0.2, 0.25) is 5.91 Å². The Labute approximate surface area is 453 Å². The predicted molar refractivity (Wildman–Crippen MR) is 291 cm³/mol. The maximum Gasteiger partial charge on any atom is 0.271 e. The number of carbonyl (C=O) groups is 9. The van der Waals surface area contributed by atoms with Crippen LogP contribution in [0.5, 0.6) is 11.5 Å². The molecule has 0 spiro atoms. The lowest BCUT2D eigenvalue weighted by Crippen LogP contribution is -2.51. The number of piperazine rings is 2. The van der Waals surface area contributed by atoms with Crippen LogP contribution >= 0.6 is 0 Å². The topological polar surface area (TPSA) is 222 Å². The molecule has 0 aliphatic carbocycles. The number of carbonyl (C=O) groups excluding carboxylic acids is 9. The molecule has 0 radical (unpaired) electrons. The highest BCUT2D eigenvalue weighted by Crippen LogP contribution is 2.41. The Morgan fingerprint density at radius 1 is 0.513 bits per heavy atom. The van der Waals surface area contributed by atoms with Crippen molar-refractivity contribution < 1.29 is 55.5 Å². The van der Waals surface area contributed by atoms with E-state index >= 15 is 0 Å². The SMILES string of the molecule is C=C(NC(=O)C(=C)N1Cc2c(cccc2-c2ccc3c(c2)OCC(=O)N3C)C1=O)C(=O)N1CCN(C(C)=O)CC1.C=C(NC(=O)C(=C)N1Cc2c(cccc2-c2ccc3c(c2)OCC(=O)N3C)C1=O)C(=O)N1CCN(C)CC1.[HH].[HH]. The summed E-state index contributed by atoms with van der Waals surface area (Å²) in [5.41, 5.74) is 6.56. The predicted octanol–water partition coefficient (Wildman–Crippen LogP) is 3.57. The van der Waals surface area contributed by atoms with E-state index in [1.165, 1.54) is 26.5 Å².